The highest BCUT2D eigenvalue weighted by Gasteiger charge is 2.22. The Labute approximate surface area is 129 Å². The molecule has 1 fully saturated rings. The fourth-order valence-corrected chi connectivity index (χ4v) is 3.15. The lowest BCUT2D eigenvalue weighted by Gasteiger charge is -2.31. The van der Waals surface area contributed by atoms with Crippen LogP contribution in [0.25, 0.3) is 0 Å². The fraction of sp³-hybridized carbons (Fsp3) is 0.714. The van der Waals surface area contributed by atoms with Crippen molar-refractivity contribution in [2.45, 2.75) is 37.6 Å². The molecule has 1 saturated heterocycles. The standard InChI is InChI=1S/C14H23N3O3S/c1-10(2)12-6-15-14(21-9-13(18)19)17(12)8-11-7-16(3)4-5-20-11/h6,10-11H,4-5,7-9H2,1-3H3,(H,18,19). The molecule has 1 aromatic rings. The van der Waals surface area contributed by atoms with Crippen molar-refractivity contribution in [3.8, 4) is 0 Å². The van der Waals surface area contributed by atoms with E-state index in [0.29, 0.717) is 5.92 Å². The Kier molecular flexibility index (Phi) is 5.66. The van der Waals surface area contributed by atoms with Gasteiger partial charge in [0.25, 0.3) is 0 Å². The molecule has 6 nitrogen and oxygen atoms in total. The lowest BCUT2D eigenvalue weighted by atomic mass is 10.1. The van der Waals surface area contributed by atoms with Crippen molar-refractivity contribution in [2.24, 2.45) is 0 Å². The van der Waals surface area contributed by atoms with Crippen molar-refractivity contribution in [3.05, 3.63) is 11.9 Å². The van der Waals surface area contributed by atoms with Gasteiger partial charge >= 0.3 is 5.97 Å². The largest absolute Gasteiger partial charge is 0.481 e. The topological polar surface area (TPSA) is 67.6 Å². The van der Waals surface area contributed by atoms with E-state index in [1.807, 2.05) is 6.20 Å². The second kappa shape index (κ2) is 7.29. The molecule has 0 bridgehead atoms. The van der Waals surface area contributed by atoms with Crippen LogP contribution >= 0.6 is 11.8 Å². The first-order chi connectivity index (χ1) is 9.97. The van der Waals surface area contributed by atoms with E-state index in [1.165, 1.54) is 11.8 Å². The minimum atomic E-state index is -0.825. The van der Waals surface area contributed by atoms with Gasteiger partial charge in [-0.05, 0) is 13.0 Å². The molecular formula is C14H23N3O3S. The van der Waals surface area contributed by atoms with Gasteiger partial charge in [0.2, 0.25) is 0 Å². The van der Waals surface area contributed by atoms with Crippen LogP contribution in [0, 0.1) is 0 Å². The van der Waals surface area contributed by atoms with Gasteiger partial charge < -0.3 is 19.3 Å². The third-order valence-corrected chi connectivity index (χ3v) is 4.47. The van der Waals surface area contributed by atoms with Gasteiger partial charge in [-0.3, -0.25) is 4.79 Å². The summed E-state index contributed by atoms with van der Waals surface area (Å²) in [5.41, 5.74) is 1.12. The average molecular weight is 313 g/mol. The van der Waals surface area contributed by atoms with Gasteiger partial charge in [0.05, 0.1) is 25.0 Å². The van der Waals surface area contributed by atoms with Gasteiger partial charge in [-0.2, -0.15) is 0 Å². The number of morpholine rings is 1. The molecule has 1 atom stereocenters. The van der Waals surface area contributed by atoms with Gasteiger partial charge in [-0.25, -0.2) is 4.98 Å². The Morgan fingerprint density at radius 2 is 2.38 bits per heavy atom. The van der Waals surface area contributed by atoms with E-state index in [9.17, 15) is 4.79 Å². The molecule has 2 heterocycles. The number of aromatic nitrogens is 2. The molecule has 7 heteroatoms. The zero-order valence-corrected chi connectivity index (χ0v) is 13.6. The SMILES string of the molecule is CC(C)c1cnc(SCC(=O)O)n1CC1CN(C)CCO1. The molecule has 1 N–H and O–H groups in total. The predicted molar refractivity (Wildman–Crippen MR) is 81.9 cm³/mol. The molecule has 0 aliphatic carbocycles. The number of likely N-dealkylation sites (N-methyl/N-ethyl adjacent to an activating group) is 1. The molecule has 0 radical (unpaired) electrons. The lowest BCUT2D eigenvalue weighted by Crippen LogP contribution is -2.42. The van der Waals surface area contributed by atoms with Crippen molar-refractivity contribution in [1.82, 2.24) is 14.5 Å². The van der Waals surface area contributed by atoms with Crippen molar-refractivity contribution < 1.29 is 14.6 Å². The van der Waals surface area contributed by atoms with Crippen LogP contribution in [-0.4, -0.2) is 64.1 Å². The minimum Gasteiger partial charge on any atom is -0.481 e. The Morgan fingerprint density at radius 1 is 1.62 bits per heavy atom. The lowest BCUT2D eigenvalue weighted by molar-refractivity contribution is -0.133. The normalized spacial score (nSPS) is 20.1. The molecule has 0 spiro atoms. The van der Waals surface area contributed by atoms with Crippen molar-refractivity contribution in [2.75, 3.05) is 32.5 Å². The van der Waals surface area contributed by atoms with Gasteiger partial charge in [-0.15, -0.1) is 0 Å². The molecule has 1 aliphatic heterocycles. The van der Waals surface area contributed by atoms with Gasteiger partial charge in [0.15, 0.2) is 5.16 Å². The van der Waals surface area contributed by atoms with E-state index in [4.69, 9.17) is 9.84 Å². The second-order valence-corrected chi connectivity index (χ2v) is 6.61. The highest BCUT2D eigenvalue weighted by atomic mass is 32.2. The number of hydrogen-bond acceptors (Lipinski definition) is 5. The number of ether oxygens (including phenoxy) is 1. The molecule has 0 aromatic carbocycles. The number of hydrogen-bond donors (Lipinski definition) is 1. The average Bonchev–Trinajstić information content (AvgIpc) is 2.79. The highest BCUT2D eigenvalue weighted by Crippen LogP contribution is 2.24. The van der Waals surface area contributed by atoms with Crippen LogP contribution in [0.1, 0.15) is 25.5 Å². The maximum atomic E-state index is 10.8. The van der Waals surface area contributed by atoms with Crippen LogP contribution < -0.4 is 0 Å². The molecule has 2 rings (SSSR count). The molecule has 0 amide bonds. The van der Waals surface area contributed by atoms with Gasteiger partial charge in [0, 0.05) is 25.0 Å². The van der Waals surface area contributed by atoms with Crippen molar-refractivity contribution in [3.63, 3.8) is 0 Å². The number of imidazole rings is 1. The summed E-state index contributed by atoms with van der Waals surface area (Å²) in [7, 11) is 2.09. The van der Waals surface area contributed by atoms with Crippen molar-refractivity contribution in [1.29, 1.82) is 0 Å². The quantitative estimate of drug-likeness (QED) is 0.803. The highest BCUT2D eigenvalue weighted by molar-refractivity contribution is 7.99. The van der Waals surface area contributed by atoms with E-state index < -0.39 is 5.97 Å². The van der Waals surface area contributed by atoms with E-state index in [1.54, 1.807) is 0 Å². The molecule has 118 valence electrons. The molecule has 1 aromatic heterocycles. The third-order valence-electron chi connectivity index (χ3n) is 3.49. The fourth-order valence-electron chi connectivity index (χ4n) is 2.44. The predicted octanol–water partition coefficient (Wildman–Crippen LogP) is 1.51. The summed E-state index contributed by atoms with van der Waals surface area (Å²) in [4.78, 5) is 17.4. The van der Waals surface area contributed by atoms with Crippen LogP contribution in [0.3, 0.4) is 0 Å². The number of thioether (sulfide) groups is 1. The summed E-state index contributed by atoms with van der Waals surface area (Å²) in [5.74, 6) is -0.452. The number of carbonyl (C=O) groups is 1. The van der Waals surface area contributed by atoms with E-state index >= 15 is 0 Å². The number of carboxylic acids is 1. The third kappa shape index (κ3) is 4.46. The van der Waals surface area contributed by atoms with E-state index in [-0.39, 0.29) is 11.9 Å². The number of carboxylic acid groups (broad SMARTS) is 1. The molecule has 1 aliphatic rings. The Hall–Kier alpha value is -1.05. The first-order valence-electron chi connectivity index (χ1n) is 7.17. The summed E-state index contributed by atoms with van der Waals surface area (Å²) >= 11 is 1.27. The Bertz CT molecular complexity index is 490. The summed E-state index contributed by atoms with van der Waals surface area (Å²) in [5, 5.41) is 9.61. The second-order valence-electron chi connectivity index (χ2n) is 5.67. The Morgan fingerprint density at radius 3 is 3.00 bits per heavy atom. The summed E-state index contributed by atoms with van der Waals surface area (Å²) in [6.07, 6.45) is 1.97. The van der Waals surface area contributed by atoms with Crippen LogP contribution in [0.4, 0.5) is 0 Å². The summed E-state index contributed by atoms with van der Waals surface area (Å²) < 4.78 is 7.93. The van der Waals surface area contributed by atoms with Gasteiger partial charge in [0.1, 0.15) is 0 Å². The van der Waals surface area contributed by atoms with Crippen LogP contribution in [0.5, 0.6) is 0 Å². The van der Waals surface area contributed by atoms with Gasteiger partial charge in [-0.1, -0.05) is 25.6 Å². The number of aliphatic carboxylic acids is 1. The van der Waals surface area contributed by atoms with Crippen LogP contribution in [0.15, 0.2) is 11.4 Å². The van der Waals surface area contributed by atoms with Crippen molar-refractivity contribution >= 4 is 17.7 Å². The van der Waals surface area contributed by atoms with E-state index in [0.717, 1.165) is 37.1 Å². The first-order valence-corrected chi connectivity index (χ1v) is 8.16. The first kappa shape index (κ1) is 16.3. The Balaban J connectivity index is 2.13. The molecule has 21 heavy (non-hydrogen) atoms. The smallest absolute Gasteiger partial charge is 0.313 e. The maximum Gasteiger partial charge on any atom is 0.313 e. The summed E-state index contributed by atoms with van der Waals surface area (Å²) in [6, 6.07) is 0. The zero-order chi connectivity index (χ0) is 15.4. The molecule has 1 unspecified atom stereocenters. The molecular weight excluding hydrogens is 290 g/mol. The minimum absolute atomic E-state index is 0.0278. The number of rotatable bonds is 6. The zero-order valence-electron chi connectivity index (χ0n) is 12.8. The molecule has 0 saturated carbocycles. The summed E-state index contributed by atoms with van der Waals surface area (Å²) in [6.45, 7) is 7.54. The monoisotopic (exact) mass is 313 g/mol. The number of nitrogens with zero attached hydrogens (tertiary/aromatic N) is 3. The van der Waals surface area contributed by atoms with E-state index in [2.05, 4.69) is 35.3 Å². The van der Waals surface area contributed by atoms with Crippen LogP contribution in [-0.2, 0) is 16.1 Å². The maximum absolute atomic E-state index is 10.8. The van der Waals surface area contributed by atoms with Crippen LogP contribution in [0.2, 0.25) is 0 Å².